The third-order valence-electron chi connectivity index (χ3n) is 1.87. The van der Waals surface area contributed by atoms with Crippen LogP contribution < -0.4 is 5.32 Å². The van der Waals surface area contributed by atoms with Gasteiger partial charge in [-0.15, -0.1) is 0 Å². The van der Waals surface area contributed by atoms with Crippen molar-refractivity contribution < 1.29 is 9.90 Å². The minimum Gasteiger partial charge on any atom is -0.480 e. The van der Waals surface area contributed by atoms with Gasteiger partial charge in [-0.2, -0.15) is 0 Å². The lowest BCUT2D eigenvalue weighted by molar-refractivity contribution is -0.140. The molecule has 68 valence electrons. The van der Waals surface area contributed by atoms with E-state index in [1.165, 1.54) is 0 Å². The predicted octanol–water partition coefficient (Wildman–Crippen LogP) is 1.35. The number of halogens is 1. The Hall–Kier alpha value is -0.350. The number of nitrogens with one attached hydrogen (secondary N) is 1. The van der Waals surface area contributed by atoms with E-state index in [0.717, 1.165) is 17.3 Å². The van der Waals surface area contributed by atoms with E-state index in [4.69, 9.17) is 5.11 Å². The van der Waals surface area contributed by atoms with Crippen molar-refractivity contribution in [2.75, 3.05) is 6.54 Å². The lowest BCUT2D eigenvalue weighted by Crippen LogP contribution is -2.39. The molecule has 0 aromatic rings. The Labute approximate surface area is 80.0 Å². The number of carbonyl (C=O) groups is 1. The van der Waals surface area contributed by atoms with E-state index in [2.05, 4.69) is 27.8 Å². The van der Waals surface area contributed by atoms with Crippen molar-refractivity contribution in [1.29, 1.82) is 0 Å². The second-order valence-electron chi connectivity index (χ2n) is 3.05. The summed E-state index contributed by atoms with van der Waals surface area (Å²) in [5.74, 6) is -0.430. The second kappa shape index (κ2) is 4.05. The highest BCUT2D eigenvalue weighted by atomic mass is 79.9. The van der Waals surface area contributed by atoms with E-state index in [1.54, 1.807) is 0 Å². The van der Waals surface area contributed by atoms with Crippen LogP contribution in [-0.4, -0.2) is 23.7 Å². The van der Waals surface area contributed by atoms with Crippen molar-refractivity contribution in [1.82, 2.24) is 5.32 Å². The van der Waals surface area contributed by atoms with Crippen molar-refractivity contribution >= 4 is 21.9 Å². The van der Waals surface area contributed by atoms with Crippen molar-refractivity contribution in [2.24, 2.45) is 5.92 Å². The molecule has 2 N–H and O–H groups in total. The fourth-order valence-electron chi connectivity index (χ4n) is 1.11. The molecule has 12 heavy (non-hydrogen) atoms. The Morgan fingerprint density at radius 2 is 2.33 bits per heavy atom. The van der Waals surface area contributed by atoms with Crippen LogP contribution in [0.4, 0.5) is 0 Å². The summed E-state index contributed by atoms with van der Waals surface area (Å²) in [5, 5.41) is 11.7. The highest BCUT2D eigenvalue weighted by Crippen LogP contribution is 2.32. The van der Waals surface area contributed by atoms with E-state index in [1.807, 2.05) is 0 Å². The van der Waals surface area contributed by atoms with Gasteiger partial charge in [-0.1, -0.05) is 22.5 Å². The summed E-state index contributed by atoms with van der Waals surface area (Å²) in [6.07, 6.45) is 2.05. The van der Waals surface area contributed by atoms with E-state index >= 15 is 0 Å². The first-order chi connectivity index (χ1) is 5.61. The quantitative estimate of drug-likeness (QED) is 0.754. The summed E-state index contributed by atoms with van der Waals surface area (Å²) >= 11 is 3.17. The molecule has 3 nitrogen and oxygen atoms in total. The van der Waals surface area contributed by atoms with Crippen LogP contribution in [0.25, 0.3) is 0 Å². The molecule has 0 radical (unpaired) electrons. The SMILES string of the molecule is C=C(Br)CNC(C(=O)O)C1CC1. The molecule has 0 heterocycles. The van der Waals surface area contributed by atoms with Crippen molar-refractivity contribution in [3.8, 4) is 0 Å². The number of aliphatic carboxylic acids is 1. The Morgan fingerprint density at radius 1 is 1.75 bits per heavy atom. The maximum Gasteiger partial charge on any atom is 0.320 e. The molecule has 1 rings (SSSR count). The normalized spacial score (nSPS) is 18.8. The topological polar surface area (TPSA) is 49.3 Å². The number of hydrogen-bond acceptors (Lipinski definition) is 2. The summed E-state index contributed by atoms with van der Waals surface area (Å²) in [5.41, 5.74) is 0. The number of carboxylic acids is 1. The molecule has 1 saturated carbocycles. The molecule has 0 bridgehead atoms. The van der Waals surface area contributed by atoms with Gasteiger partial charge in [-0.05, 0) is 18.8 Å². The Morgan fingerprint density at radius 3 is 2.67 bits per heavy atom. The number of rotatable bonds is 5. The molecule has 1 unspecified atom stereocenters. The van der Waals surface area contributed by atoms with Gasteiger partial charge < -0.3 is 5.11 Å². The van der Waals surface area contributed by atoms with Gasteiger partial charge in [0.2, 0.25) is 0 Å². The third kappa shape index (κ3) is 2.95. The van der Waals surface area contributed by atoms with E-state index in [9.17, 15) is 4.79 Å². The standard InChI is InChI=1S/C8H12BrNO2/c1-5(9)4-10-7(8(11)12)6-2-3-6/h6-7,10H,1-4H2,(H,11,12). The maximum absolute atomic E-state index is 10.7. The molecular weight excluding hydrogens is 222 g/mol. The van der Waals surface area contributed by atoms with Gasteiger partial charge in [0.05, 0.1) is 0 Å². The van der Waals surface area contributed by atoms with Gasteiger partial charge >= 0.3 is 5.97 Å². The van der Waals surface area contributed by atoms with Crippen molar-refractivity contribution in [3.05, 3.63) is 11.1 Å². The molecule has 1 aliphatic rings. The maximum atomic E-state index is 10.7. The summed E-state index contributed by atoms with van der Waals surface area (Å²) < 4.78 is 0.786. The fourth-order valence-corrected chi connectivity index (χ4v) is 1.27. The number of carboxylic acid groups (broad SMARTS) is 1. The third-order valence-corrected chi connectivity index (χ3v) is 2.15. The first-order valence-electron chi connectivity index (χ1n) is 3.90. The van der Waals surface area contributed by atoms with Crippen LogP contribution in [0.3, 0.4) is 0 Å². The van der Waals surface area contributed by atoms with Gasteiger partial charge in [-0.25, -0.2) is 0 Å². The monoisotopic (exact) mass is 233 g/mol. The Balaban J connectivity index is 2.33. The lowest BCUT2D eigenvalue weighted by Gasteiger charge is -2.12. The van der Waals surface area contributed by atoms with E-state index in [-0.39, 0.29) is 6.04 Å². The molecule has 1 atom stereocenters. The molecule has 0 aliphatic heterocycles. The molecule has 1 aliphatic carbocycles. The largest absolute Gasteiger partial charge is 0.480 e. The van der Waals surface area contributed by atoms with Gasteiger partial charge in [0.1, 0.15) is 6.04 Å². The van der Waals surface area contributed by atoms with Crippen LogP contribution in [0.2, 0.25) is 0 Å². The van der Waals surface area contributed by atoms with Crippen LogP contribution >= 0.6 is 15.9 Å². The summed E-state index contributed by atoms with van der Waals surface area (Å²) in [6.45, 7) is 4.15. The summed E-state index contributed by atoms with van der Waals surface area (Å²) in [4.78, 5) is 10.7. The number of hydrogen-bond donors (Lipinski definition) is 2. The van der Waals surface area contributed by atoms with Gasteiger partial charge in [0.25, 0.3) is 0 Å². The zero-order chi connectivity index (χ0) is 9.14. The summed E-state index contributed by atoms with van der Waals surface area (Å²) in [6, 6.07) is -0.390. The van der Waals surface area contributed by atoms with Crippen LogP contribution in [0.1, 0.15) is 12.8 Å². The molecule has 0 spiro atoms. The van der Waals surface area contributed by atoms with Crippen LogP contribution in [0.5, 0.6) is 0 Å². The first kappa shape index (κ1) is 9.74. The van der Waals surface area contributed by atoms with Crippen LogP contribution in [0, 0.1) is 5.92 Å². The fraction of sp³-hybridized carbons (Fsp3) is 0.625. The average molecular weight is 234 g/mol. The minimum absolute atomic E-state index is 0.328. The zero-order valence-corrected chi connectivity index (χ0v) is 8.30. The van der Waals surface area contributed by atoms with E-state index in [0.29, 0.717) is 12.5 Å². The van der Waals surface area contributed by atoms with Gasteiger partial charge in [0.15, 0.2) is 0 Å². The lowest BCUT2D eigenvalue weighted by atomic mass is 10.2. The summed E-state index contributed by atoms with van der Waals surface area (Å²) in [7, 11) is 0. The molecule has 1 fully saturated rings. The van der Waals surface area contributed by atoms with Gasteiger partial charge in [-0.3, -0.25) is 10.1 Å². The van der Waals surface area contributed by atoms with Gasteiger partial charge in [0, 0.05) is 11.0 Å². The molecule has 0 saturated heterocycles. The van der Waals surface area contributed by atoms with Crippen molar-refractivity contribution in [2.45, 2.75) is 18.9 Å². The smallest absolute Gasteiger partial charge is 0.320 e. The Kier molecular flexibility index (Phi) is 3.29. The molecule has 4 heteroatoms. The zero-order valence-electron chi connectivity index (χ0n) is 6.72. The molecular formula is C8H12BrNO2. The highest BCUT2D eigenvalue weighted by Gasteiger charge is 2.35. The molecule has 0 aromatic heterocycles. The van der Waals surface area contributed by atoms with E-state index < -0.39 is 5.97 Å². The Bertz CT molecular complexity index is 201. The minimum atomic E-state index is -0.758. The van der Waals surface area contributed by atoms with Crippen molar-refractivity contribution in [3.63, 3.8) is 0 Å². The highest BCUT2D eigenvalue weighted by molar-refractivity contribution is 9.11. The second-order valence-corrected chi connectivity index (χ2v) is 4.17. The average Bonchev–Trinajstić information content (AvgIpc) is 2.69. The van der Waals surface area contributed by atoms with Crippen LogP contribution in [-0.2, 0) is 4.79 Å². The predicted molar refractivity (Wildman–Crippen MR) is 50.2 cm³/mol. The first-order valence-corrected chi connectivity index (χ1v) is 4.70. The van der Waals surface area contributed by atoms with Crippen LogP contribution in [0.15, 0.2) is 11.1 Å². The molecule has 0 amide bonds. The molecule has 0 aromatic carbocycles.